The van der Waals surface area contributed by atoms with Crippen molar-refractivity contribution in [2.24, 2.45) is 11.7 Å². The lowest BCUT2D eigenvalue weighted by atomic mass is 9.75. The van der Waals surface area contributed by atoms with Crippen LogP contribution in [0.4, 0.5) is 0 Å². The summed E-state index contributed by atoms with van der Waals surface area (Å²) in [5.74, 6) is 1.65. The van der Waals surface area contributed by atoms with E-state index in [9.17, 15) is 0 Å². The maximum atomic E-state index is 6.51. The van der Waals surface area contributed by atoms with E-state index in [0.29, 0.717) is 5.92 Å². The van der Waals surface area contributed by atoms with Crippen LogP contribution < -0.4 is 10.5 Å². The van der Waals surface area contributed by atoms with E-state index in [1.165, 1.54) is 19.5 Å². The third kappa shape index (κ3) is 1.84. The van der Waals surface area contributed by atoms with Gasteiger partial charge < -0.3 is 15.4 Å². The molecule has 2 bridgehead atoms. The van der Waals surface area contributed by atoms with Crippen molar-refractivity contribution in [3.05, 3.63) is 28.2 Å². The molecule has 0 aromatic heterocycles. The molecule has 1 aromatic rings. The van der Waals surface area contributed by atoms with Gasteiger partial charge in [-0.3, -0.25) is 0 Å². The monoisotopic (exact) mass is 322 g/mol. The smallest absolute Gasteiger partial charge is 0.126 e. The first kappa shape index (κ1) is 12.2. The van der Waals surface area contributed by atoms with Gasteiger partial charge in [0, 0.05) is 47.9 Å². The molecule has 4 heteroatoms. The lowest BCUT2D eigenvalue weighted by Gasteiger charge is -2.47. The molecule has 4 rings (SSSR count). The summed E-state index contributed by atoms with van der Waals surface area (Å²) in [6, 6.07) is 6.35. The summed E-state index contributed by atoms with van der Waals surface area (Å²) in [7, 11) is 0. The fourth-order valence-electron chi connectivity index (χ4n) is 4.07. The van der Waals surface area contributed by atoms with Crippen LogP contribution in [0, 0.1) is 5.92 Å². The van der Waals surface area contributed by atoms with Crippen LogP contribution >= 0.6 is 15.9 Å². The van der Waals surface area contributed by atoms with Crippen molar-refractivity contribution in [3.8, 4) is 5.75 Å². The van der Waals surface area contributed by atoms with E-state index in [2.05, 4.69) is 39.0 Å². The highest BCUT2D eigenvalue weighted by atomic mass is 79.9. The molecule has 3 nitrogen and oxygen atoms in total. The lowest BCUT2D eigenvalue weighted by Crippen LogP contribution is -2.53. The Morgan fingerprint density at radius 2 is 2.26 bits per heavy atom. The number of rotatable bonds is 0. The molecular weight excluding hydrogens is 304 g/mol. The summed E-state index contributed by atoms with van der Waals surface area (Å²) in [5, 5.41) is 0. The third-order valence-electron chi connectivity index (χ3n) is 5.12. The van der Waals surface area contributed by atoms with Gasteiger partial charge in [-0.25, -0.2) is 0 Å². The molecule has 3 heterocycles. The number of ether oxygens (including phenoxy) is 1. The van der Waals surface area contributed by atoms with E-state index >= 15 is 0 Å². The SMILES string of the molecule is N[C@H]1CC2(CCN3CCC2C3)Oc2cc(Br)ccc21. The Balaban J connectivity index is 1.73. The maximum Gasteiger partial charge on any atom is 0.126 e. The molecule has 0 saturated carbocycles. The molecule has 1 aromatic carbocycles. The normalized spacial score (nSPS) is 40.0. The average molecular weight is 323 g/mol. The molecule has 2 saturated heterocycles. The number of nitrogens with two attached hydrogens (primary N) is 1. The minimum atomic E-state index is -0.0137. The number of piperidine rings is 1. The zero-order valence-electron chi connectivity index (χ0n) is 10.9. The van der Waals surface area contributed by atoms with Crippen LogP contribution in [0.3, 0.4) is 0 Å². The molecule has 0 radical (unpaired) electrons. The maximum absolute atomic E-state index is 6.51. The van der Waals surface area contributed by atoms with Crippen LogP contribution in [0.5, 0.6) is 5.75 Å². The van der Waals surface area contributed by atoms with E-state index in [0.717, 1.165) is 35.2 Å². The van der Waals surface area contributed by atoms with Crippen LogP contribution in [0.25, 0.3) is 0 Å². The summed E-state index contributed by atoms with van der Waals surface area (Å²) < 4.78 is 7.57. The molecule has 102 valence electrons. The number of halogens is 1. The van der Waals surface area contributed by atoms with E-state index < -0.39 is 0 Å². The largest absolute Gasteiger partial charge is 0.486 e. The highest BCUT2D eigenvalue weighted by Crippen LogP contribution is 2.48. The molecule has 2 fully saturated rings. The number of nitrogens with zero attached hydrogens (tertiary/aromatic N) is 1. The molecule has 0 aliphatic carbocycles. The minimum Gasteiger partial charge on any atom is -0.486 e. The Hall–Kier alpha value is -0.580. The van der Waals surface area contributed by atoms with Gasteiger partial charge in [-0.05, 0) is 25.1 Å². The molecule has 4 atom stereocenters. The Kier molecular flexibility index (Phi) is 2.70. The molecule has 1 spiro atoms. The zero-order chi connectivity index (χ0) is 13.0. The van der Waals surface area contributed by atoms with Crippen molar-refractivity contribution in [2.75, 3.05) is 19.6 Å². The predicted octanol–water partition coefficient (Wildman–Crippen LogP) is 2.70. The minimum absolute atomic E-state index is 0.0137. The summed E-state index contributed by atoms with van der Waals surface area (Å²) >= 11 is 3.53. The molecule has 3 aliphatic rings. The number of hydrogen-bond acceptors (Lipinski definition) is 3. The van der Waals surface area contributed by atoms with Crippen LogP contribution in [0.2, 0.25) is 0 Å². The van der Waals surface area contributed by atoms with Crippen molar-refractivity contribution in [2.45, 2.75) is 30.9 Å². The van der Waals surface area contributed by atoms with Crippen molar-refractivity contribution >= 4 is 15.9 Å². The quantitative estimate of drug-likeness (QED) is 0.798. The summed E-state index contributed by atoms with van der Waals surface area (Å²) in [6.45, 7) is 3.58. The molecule has 2 N–H and O–H groups in total. The fourth-order valence-corrected chi connectivity index (χ4v) is 4.41. The number of benzene rings is 1. The molecular formula is C15H19BrN2O. The van der Waals surface area contributed by atoms with Gasteiger partial charge in [0.15, 0.2) is 0 Å². The summed E-state index contributed by atoms with van der Waals surface area (Å²) in [4.78, 5) is 2.56. The highest BCUT2D eigenvalue weighted by molar-refractivity contribution is 9.10. The molecule has 3 unspecified atom stereocenters. The van der Waals surface area contributed by atoms with Gasteiger partial charge in [-0.15, -0.1) is 0 Å². The van der Waals surface area contributed by atoms with Crippen LogP contribution in [0.1, 0.15) is 30.9 Å². The van der Waals surface area contributed by atoms with Gasteiger partial charge in [-0.2, -0.15) is 0 Å². The van der Waals surface area contributed by atoms with Gasteiger partial charge in [0.05, 0.1) is 0 Å². The molecule has 19 heavy (non-hydrogen) atoms. The summed E-state index contributed by atoms with van der Waals surface area (Å²) in [5.41, 5.74) is 7.57. The Morgan fingerprint density at radius 3 is 3.16 bits per heavy atom. The number of fused-ring (bicyclic) bond motifs is 4. The van der Waals surface area contributed by atoms with Crippen molar-refractivity contribution in [1.29, 1.82) is 0 Å². The van der Waals surface area contributed by atoms with E-state index in [1.807, 2.05) is 0 Å². The highest BCUT2D eigenvalue weighted by Gasteiger charge is 2.51. The third-order valence-corrected chi connectivity index (χ3v) is 5.61. The van der Waals surface area contributed by atoms with Gasteiger partial charge in [0.1, 0.15) is 11.4 Å². The summed E-state index contributed by atoms with van der Waals surface area (Å²) in [6.07, 6.45) is 3.35. The van der Waals surface area contributed by atoms with Crippen LogP contribution in [-0.4, -0.2) is 30.1 Å². The molecule has 3 aliphatic heterocycles. The van der Waals surface area contributed by atoms with Crippen molar-refractivity contribution in [1.82, 2.24) is 4.90 Å². The second-order valence-electron chi connectivity index (χ2n) is 6.20. The zero-order valence-corrected chi connectivity index (χ0v) is 12.5. The van der Waals surface area contributed by atoms with E-state index in [-0.39, 0.29) is 11.6 Å². The van der Waals surface area contributed by atoms with Gasteiger partial charge in [-0.1, -0.05) is 22.0 Å². The topological polar surface area (TPSA) is 38.5 Å². The average Bonchev–Trinajstić information content (AvgIpc) is 2.79. The van der Waals surface area contributed by atoms with E-state index in [1.54, 1.807) is 0 Å². The first-order chi connectivity index (χ1) is 9.16. The Bertz CT molecular complexity index is 521. The van der Waals surface area contributed by atoms with Crippen molar-refractivity contribution in [3.63, 3.8) is 0 Å². The standard InChI is InChI=1S/C15H19BrN2O/c16-11-1-2-12-13(17)8-15(19-14(12)7-11)4-6-18-5-3-10(15)9-18/h1-2,7,10,13H,3-6,8-9,17H2/t10?,13-,15?/m0/s1. The molecule has 0 amide bonds. The lowest BCUT2D eigenvalue weighted by molar-refractivity contribution is -0.0440. The van der Waals surface area contributed by atoms with Crippen LogP contribution in [0.15, 0.2) is 22.7 Å². The number of hydrogen-bond donors (Lipinski definition) is 1. The van der Waals surface area contributed by atoms with Gasteiger partial charge in [0.2, 0.25) is 0 Å². The van der Waals surface area contributed by atoms with E-state index in [4.69, 9.17) is 10.5 Å². The van der Waals surface area contributed by atoms with Gasteiger partial charge >= 0.3 is 0 Å². The predicted molar refractivity (Wildman–Crippen MR) is 78.2 cm³/mol. The van der Waals surface area contributed by atoms with Crippen molar-refractivity contribution < 1.29 is 4.74 Å². The second-order valence-corrected chi connectivity index (χ2v) is 7.11. The fraction of sp³-hybridized carbons (Fsp3) is 0.600. The first-order valence-electron chi connectivity index (χ1n) is 7.13. The Labute approximate surface area is 122 Å². The van der Waals surface area contributed by atoms with Crippen LogP contribution in [-0.2, 0) is 0 Å². The second kappa shape index (κ2) is 4.21. The first-order valence-corrected chi connectivity index (χ1v) is 7.92. The Morgan fingerprint density at radius 1 is 1.37 bits per heavy atom. The van der Waals surface area contributed by atoms with Gasteiger partial charge in [0.25, 0.3) is 0 Å².